The van der Waals surface area contributed by atoms with Crippen molar-refractivity contribution in [1.82, 2.24) is 0 Å². The smallest absolute Gasteiger partial charge is 0.139 e. The monoisotopic (exact) mass is 303 g/mol. The van der Waals surface area contributed by atoms with Gasteiger partial charge in [-0.15, -0.1) is 0 Å². The molecular weight excluding hydrogens is 274 g/mol. The molecule has 0 bridgehead atoms. The summed E-state index contributed by atoms with van der Waals surface area (Å²) < 4.78 is 0. The number of carbonyl (C=O) groups excluding carboxylic acids is 2. The maximum Gasteiger partial charge on any atom is 0.139 e. The number of Topliss-reactive ketones (excluding diaryl/α,β-unsaturated/α-hetero) is 2. The largest absolute Gasteiger partial charge is 0.324 e. The molecule has 3 nitrogen and oxygen atoms in total. The normalized spacial score (nSPS) is 54.6. The Morgan fingerprint density at radius 2 is 1.73 bits per heavy atom. The summed E-state index contributed by atoms with van der Waals surface area (Å²) in [6, 6.07) is 0. The summed E-state index contributed by atoms with van der Waals surface area (Å²) >= 11 is 0. The van der Waals surface area contributed by atoms with Crippen LogP contribution in [0.2, 0.25) is 0 Å². The average molecular weight is 303 g/mol. The molecular formula is C19H29NO2. The van der Waals surface area contributed by atoms with Crippen LogP contribution in [0, 0.1) is 28.6 Å². The molecule has 0 aromatic rings. The molecule has 0 saturated heterocycles. The third kappa shape index (κ3) is 1.67. The third-order valence-corrected chi connectivity index (χ3v) is 8.46. The van der Waals surface area contributed by atoms with Crippen molar-refractivity contribution in [3.63, 3.8) is 0 Å². The van der Waals surface area contributed by atoms with Gasteiger partial charge in [0.15, 0.2) is 0 Å². The summed E-state index contributed by atoms with van der Waals surface area (Å²) in [5.41, 5.74) is 6.55. The van der Waals surface area contributed by atoms with Crippen molar-refractivity contribution in [3.05, 3.63) is 0 Å². The van der Waals surface area contributed by atoms with Crippen LogP contribution in [0.5, 0.6) is 0 Å². The Kier molecular flexibility index (Phi) is 3.00. The highest BCUT2D eigenvalue weighted by atomic mass is 16.1. The minimum atomic E-state index is -0.292. The molecule has 4 rings (SSSR count). The number of nitrogens with two attached hydrogens (primary N) is 1. The van der Waals surface area contributed by atoms with Gasteiger partial charge in [0.2, 0.25) is 0 Å². The number of fused-ring (bicyclic) bond motifs is 5. The van der Waals surface area contributed by atoms with E-state index in [1.807, 2.05) is 0 Å². The number of ketones is 2. The quantitative estimate of drug-likeness (QED) is 0.747. The van der Waals surface area contributed by atoms with Crippen molar-refractivity contribution in [1.29, 1.82) is 0 Å². The van der Waals surface area contributed by atoms with E-state index in [1.165, 1.54) is 0 Å². The van der Waals surface area contributed by atoms with Crippen LogP contribution < -0.4 is 5.73 Å². The van der Waals surface area contributed by atoms with Crippen LogP contribution in [0.4, 0.5) is 0 Å². The molecule has 0 aromatic carbocycles. The van der Waals surface area contributed by atoms with Gasteiger partial charge in [-0.05, 0) is 61.7 Å². The minimum Gasteiger partial charge on any atom is -0.324 e. The van der Waals surface area contributed by atoms with Gasteiger partial charge in [-0.3, -0.25) is 9.59 Å². The second-order valence-electron chi connectivity index (χ2n) is 9.12. The molecule has 22 heavy (non-hydrogen) atoms. The first kappa shape index (κ1) is 14.9. The first-order valence-electron chi connectivity index (χ1n) is 9.14. The summed E-state index contributed by atoms with van der Waals surface area (Å²) in [6.45, 7) is 4.58. The molecule has 4 saturated carbocycles. The highest BCUT2D eigenvalue weighted by Gasteiger charge is 2.63. The van der Waals surface area contributed by atoms with Gasteiger partial charge in [-0.1, -0.05) is 13.8 Å². The Labute approximate surface area is 133 Å². The second-order valence-corrected chi connectivity index (χ2v) is 9.12. The van der Waals surface area contributed by atoms with Gasteiger partial charge in [-0.25, -0.2) is 0 Å². The Morgan fingerprint density at radius 3 is 2.50 bits per heavy atom. The predicted octanol–water partition coefficient (Wildman–Crippen LogP) is 3.25. The fraction of sp³-hybridized carbons (Fsp3) is 0.895. The standard InChI is InChI=1S/C19H29NO2/c1-17-8-7-15-13(14(17)3-4-16(17)22)6-10-19(20)11-12(21)5-9-18(15,19)2/h13-15H,3-11,20H2,1-2H3/t13-,14-,15-,17-,18+,19+/m0/s1. The van der Waals surface area contributed by atoms with Crippen LogP contribution in [-0.4, -0.2) is 17.1 Å². The van der Waals surface area contributed by atoms with Crippen LogP contribution >= 0.6 is 0 Å². The van der Waals surface area contributed by atoms with E-state index in [9.17, 15) is 9.59 Å². The van der Waals surface area contributed by atoms with E-state index >= 15 is 0 Å². The number of carbonyl (C=O) groups is 2. The van der Waals surface area contributed by atoms with Crippen molar-refractivity contribution in [2.75, 3.05) is 0 Å². The summed E-state index contributed by atoms with van der Waals surface area (Å²) in [4.78, 5) is 24.4. The molecule has 122 valence electrons. The molecule has 0 unspecified atom stereocenters. The van der Waals surface area contributed by atoms with E-state index in [2.05, 4.69) is 13.8 Å². The lowest BCUT2D eigenvalue weighted by Crippen LogP contribution is -2.66. The molecule has 3 heteroatoms. The predicted molar refractivity (Wildman–Crippen MR) is 85.2 cm³/mol. The molecule has 2 N–H and O–H groups in total. The van der Waals surface area contributed by atoms with Crippen molar-refractivity contribution in [2.24, 2.45) is 34.3 Å². The van der Waals surface area contributed by atoms with Crippen LogP contribution in [0.15, 0.2) is 0 Å². The fourth-order valence-corrected chi connectivity index (χ4v) is 6.90. The van der Waals surface area contributed by atoms with Gasteiger partial charge in [-0.2, -0.15) is 0 Å². The first-order valence-corrected chi connectivity index (χ1v) is 9.14. The van der Waals surface area contributed by atoms with E-state index in [-0.39, 0.29) is 16.4 Å². The highest BCUT2D eigenvalue weighted by Crippen LogP contribution is 2.65. The van der Waals surface area contributed by atoms with Crippen LogP contribution in [0.25, 0.3) is 0 Å². The maximum atomic E-state index is 12.4. The summed E-state index contributed by atoms with van der Waals surface area (Å²) in [7, 11) is 0. The van der Waals surface area contributed by atoms with Gasteiger partial charge < -0.3 is 5.73 Å². The van der Waals surface area contributed by atoms with E-state index in [0.717, 1.165) is 44.9 Å². The zero-order chi connectivity index (χ0) is 15.8. The Bertz CT molecular complexity index is 544. The van der Waals surface area contributed by atoms with Gasteiger partial charge in [0, 0.05) is 30.2 Å². The van der Waals surface area contributed by atoms with E-state index in [4.69, 9.17) is 5.73 Å². The summed E-state index contributed by atoms with van der Waals surface area (Å²) in [5, 5.41) is 0. The van der Waals surface area contributed by atoms with Crippen molar-refractivity contribution in [3.8, 4) is 0 Å². The van der Waals surface area contributed by atoms with E-state index in [1.54, 1.807) is 0 Å². The molecule has 0 heterocycles. The Morgan fingerprint density at radius 1 is 0.955 bits per heavy atom. The summed E-state index contributed by atoms with van der Waals surface area (Å²) in [6.07, 6.45) is 8.38. The molecule has 0 spiro atoms. The molecule has 0 amide bonds. The molecule has 4 aliphatic carbocycles. The van der Waals surface area contributed by atoms with Gasteiger partial charge >= 0.3 is 0 Å². The molecule has 4 aliphatic rings. The highest BCUT2D eigenvalue weighted by molar-refractivity contribution is 5.87. The molecule has 0 aliphatic heterocycles. The molecule has 0 aromatic heterocycles. The van der Waals surface area contributed by atoms with Gasteiger partial charge in [0.25, 0.3) is 0 Å². The summed E-state index contributed by atoms with van der Waals surface area (Å²) in [5.74, 6) is 2.70. The maximum absolute atomic E-state index is 12.4. The second kappa shape index (κ2) is 4.43. The van der Waals surface area contributed by atoms with Crippen molar-refractivity contribution in [2.45, 2.75) is 77.2 Å². The molecule has 4 fully saturated rings. The first-order chi connectivity index (χ1) is 10.3. The SMILES string of the molecule is C[C@]12CC[C@H]3[C@@H](CC[C@@]4(N)CC(=O)CC[C@]34C)[C@@H]1CCC2=O. The lowest BCUT2D eigenvalue weighted by Gasteiger charge is -2.63. The van der Waals surface area contributed by atoms with E-state index in [0.29, 0.717) is 42.2 Å². The van der Waals surface area contributed by atoms with Crippen molar-refractivity contribution < 1.29 is 9.59 Å². The topological polar surface area (TPSA) is 60.2 Å². The fourth-order valence-electron chi connectivity index (χ4n) is 6.90. The number of rotatable bonds is 0. The zero-order valence-electron chi connectivity index (χ0n) is 14.0. The Balaban J connectivity index is 1.69. The molecule has 6 atom stereocenters. The zero-order valence-corrected chi connectivity index (χ0v) is 14.0. The average Bonchev–Trinajstić information content (AvgIpc) is 2.76. The van der Waals surface area contributed by atoms with Crippen LogP contribution in [0.1, 0.15) is 71.6 Å². The third-order valence-electron chi connectivity index (χ3n) is 8.46. The van der Waals surface area contributed by atoms with Gasteiger partial charge in [0.1, 0.15) is 11.6 Å². The molecule has 0 radical (unpaired) electrons. The van der Waals surface area contributed by atoms with Crippen LogP contribution in [0.3, 0.4) is 0 Å². The van der Waals surface area contributed by atoms with Gasteiger partial charge in [0.05, 0.1) is 0 Å². The lowest BCUT2D eigenvalue weighted by atomic mass is 9.43. The van der Waals surface area contributed by atoms with Crippen molar-refractivity contribution >= 4 is 11.6 Å². The lowest BCUT2D eigenvalue weighted by molar-refractivity contribution is -0.147. The minimum absolute atomic E-state index is 0.0589. The number of hydrogen-bond donors (Lipinski definition) is 1. The Hall–Kier alpha value is -0.700. The van der Waals surface area contributed by atoms with E-state index < -0.39 is 0 Å². The van der Waals surface area contributed by atoms with Crippen LogP contribution in [-0.2, 0) is 9.59 Å². The number of hydrogen-bond acceptors (Lipinski definition) is 3.